The number of carbonyl (C=O) groups excluding carboxylic acids is 1. The zero-order valence-corrected chi connectivity index (χ0v) is 19.2. The Bertz CT molecular complexity index is 411. The van der Waals surface area contributed by atoms with E-state index >= 15 is 0 Å². The maximum atomic E-state index is 10.8. The fourth-order valence-corrected chi connectivity index (χ4v) is 2.22. The molecule has 0 N–H and O–H groups in total. The van der Waals surface area contributed by atoms with E-state index in [-0.39, 0.29) is 41.7 Å². The molecule has 0 saturated carbocycles. The van der Waals surface area contributed by atoms with Crippen molar-refractivity contribution in [1.29, 1.82) is 0 Å². The second-order valence-electron chi connectivity index (χ2n) is 5.65. The molecule has 0 atom stereocenters. The number of aliphatic carboxylic acids is 1. The molecular weight excluding hydrogens is 355 g/mol. The molecular formula is C17H33NaO6S. The minimum absolute atomic E-state index is 0. The molecule has 0 aliphatic carbocycles. The van der Waals surface area contributed by atoms with E-state index in [0.29, 0.717) is 0 Å². The smallest absolute Gasteiger partial charge is 0.545 e. The van der Waals surface area contributed by atoms with Gasteiger partial charge in [0.25, 0.3) is 0 Å². The van der Waals surface area contributed by atoms with Gasteiger partial charge in [0.15, 0.2) is 0 Å². The summed E-state index contributed by atoms with van der Waals surface area (Å²) in [4.78, 5) is 9.49. The fourth-order valence-electron chi connectivity index (χ4n) is 1.80. The van der Waals surface area contributed by atoms with Gasteiger partial charge in [-0.05, 0) is 18.9 Å². The van der Waals surface area contributed by atoms with E-state index in [1.54, 1.807) is 0 Å². The van der Waals surface area contributed by atoms with Crippen LogP contribution < -0.4 is 34.7 Å². The van der Waals surface area contributed by atoms with Gasteiger partial charge < -0.3 is 9.90 Å². The maximum absolute atomic E-state index is 10.8. The standard InChI is InChI=1S/C13H28O4S.C4H6O2.Na/c1-3-4-5-6-7-8-9-10-11-12-13-17-18(14,15)16-2;1-3(2)4(5)6;/h3-13H2,1-2H3;1H2,2H3,(H,5,6);/q;;+1/p-1. The van der Waals surface area contributed by atoms with E-state index in [4.69, 9.17) is 0 Å². The third-order valence-electron chi connectivity index (χ3n) is 3.28. The summed E-state index contributed by atoms with van der Waals surface area (Å²) in [5.41, 5.74) is 0.0648. The molecule has 0 aliphatic heterocycles. The second-order valence-corrected chi connectivity index (χ2v) is 7.03. The topological polar surface area (TPSA) is 92.7 Å². The first-order valence-electron chi connectivity index (χ1n) is 8.58. The summed E-state index contributed by atoms with van der Waals surface area (Å²) in [6, 6.07) is 0. The van der Waals surface area contributed by atoms with Crippen molar-refractivity contribution in [3.63, 3.8) is 0 Å². The van der Waals surface area contributed by atoms with Crippen molar-refractivity contribution < 1.29 is 56.2 Å². The summed E-state index contributed by atoms with van der Waals surface area (Å²) in [5.74, 6) is -1.19. The van der Waals surface area contributed by atoms with Crippen LogP contribution in [0.3, 0.4) is 0 Å². The van der Waals surface area contributed by atoms with E-state index in [2.05, 4.69) is 21.9 Å². The predicted molar refractivity (Wildman–Crippen MR) is 93.5 cm³/mol. The third-order valence-corrected chi connectivity index (χ3v) is 4.14. The van der Waals surface area contributed by atoms with E-state index in [1.807, 2.05) is 0 Å². The third kappa shape index (κ3) is 26.4. The average molecular weight is 389 g/mol. The van der Waals surface area contributed by atoms with Gasteiger partial charge in [0.05, 0.1) is 19.7 Å². The first-order valence-corrected chi connectivity index (χ1v) is 9.92. The van der Waals surface area contributed by atoms with Gasteiger partial charge in [-0.25, -0.2) is 4.18 Å². The van der Waals surface area contributed by atoms with Crippen LogP contribution in [0.25, 0.3) is 0 Å². The average Bonchev–Trinajstić information content (AvgIpc) is 2.53. The number of hydrogen-bond acceptors (Lipinski definition) is 6. The van der Waals surface area contributed by atoms with Crippen molar-refractivity contribution in [2.45, 2.75) is 78.1 Å². The Hall–Kier alpha value is 0.0800. The van der Waals surface area contributed by atoms with Crippen LogP contribution in [0.1, 0.15) is 78.1 Å². The number of carboxylic acids is 1. The van der Waals surface area contributed by atoms with Crippen LogP contribution in [0.15, 0.2) is 12.2 Å². The van der Waals surface area contributed by atoms with Gasteiger partial charge >= 0.3 is 40.0 Å². The molecule has 25 heavy (non-hydrogen) atoms. The normalized spacial score (nSPS) is 10.4. The summed E-state index contributed by atoms with van der Waals surface area (Å²) in [7, 11) is -2.62. The van der Waals surface area contributed by atoms with Gasteiger partial charge in [0.1, 0.15) is 0 Å². The van der Waals surface area contributed by atoms with Crippen molar-refractivity contribution in [2.75, 3.05) is 13.7 Å². The van der Waals surface area contributed by atoms with Crippen molar-refractivity contribution in [1.82, 2.24) is 0 Å². The van der Waals surface area contributed by atoms with Crippen LogP contribution >= 0.6 is 0 Å². The number of unbranched alkanes of at least 4 members (excludes halogenated alkanes) is 9. The van der Waals surface area contributed by atoms with Gasteiger partial charge in [-0.2, -0.15) is 8.42 Å². The van der Waals surface area contributed by atoms with Gasteiger partial charge in [0, 0.05) is 0 Å². The number of rotatable bonds is 14. The Labute approximate surface area is 176 Å². The monoisotopic (exact) mass is 388 g/mol. The molecule has 0 rings (SSSR count). The molecule has 0 aromatic heterocycles. The maximum Gasteiger partial charge on any atom is 1.00 e. The molecule has 0 heterocycles. The van der Waals surface area contributed by atoms with E-state index in [0.717, 1.165) is 26.4 Å². The summed E-state index contributed by atoms with van der Waals surface area (Å²) in [6.07, 6.45) is 12.2. The van der Waals surface area contributed by atoms with E-state index < -0.39 is 16.4 Å². The van der Waals surface area contributed by atoms with E-state index in [9.17, 15) is 18.3 Å². The van der Waals surface area contributed by atoms with Crippen LogP contribution in [0.4, 0.5) is 0 Å². The van der Waals surface area contributed by atoms with Gasteiger partial charge in [-0.1, -0.05) is 71.3 Å². The Balaban J connectivity index is -0.000000592. The molecule has 6 nitrogen and oxygen atoms in total. The molecule has 0 aromatic carbocycles. The number of carbonyl (C=O) groups is 1. The molecule has 0 unspecified atom stereocenters. The second kappa shape index (κ2) is 20.4. The predicted octanol–water partition coefficient (Wildman–Crippen LogP) is 0.132. The fraction of sp³-hybridized carbons (Fsp3) is 0.824. The molecule has 144 valence electrons. The van der Waals surface area contributed by atoms with Crippen LogP contribution in [0.2, 0.25) is 0 Å². The Morgan fingerprint density at radius 3 is 1.64 bits per heavy atom. The van der Waals surface area contributed by atoms with Crippen LogP contribution in [0, 0.1) is 0 Å². The van der Waals surface area contributed by atoms with E-state index in [1.165, 1.54) is 51.9 Å². The van der Waals surface area contributed by atoms with Crippen LogP contribution in [-0.2, 0) is 23.6 Å². The summed E-state index contributed by atoms with van der Waals surface area (Å²) in [6.45, 7) is 6.93. The molecule has 0 radical (unpaired) electrons. The van der Waals surface area contributed by atoms with Crippen molar-refractivity contribution in [2.24, 2.45) is 0 Å². The van der Waals surface area contributed by atoms with Crippen molar-refractivity contribution in [3.8, 4) is 0 Å². The van der Waals surface area contributed by atoms with Crippen LogP contribution in [-0.4, -0.2) is 28.1 Å². The molecule has 0 bridgehead atoms. The molecule has 0 aromatic rings. The minimum Gasteiger partial charge on any atom is -0.545 e. The molecule has 0 amide bonds. The Kier molecular flexibility index (Phi) is 24.3. The zero-order valence-electron chi connectivity index (χ0n) is 16.3. The van der Waals surface area contributed by atoms with Crippen molar-refractivity contribution >= 4 is 16.4 Å². The quantitative estimate of drug-likeness (QED) is 0.239. The summed E-state index contributed by atoms with van der Waals surface area (Å²) < 4.78 is 30.4. The molecule has 0 fully saturated rings. The van der Waals surface area contributed by atoms with Gasteiger partial charge in [-0.3, -0.25) is 4.18 Å². The summed E-state index contributed by atoms with van der Waals surface area (Å²) in [5, 5.41) is 9.49. The van der Waals surface area contributed by atoms with Gasteiger partial charge in [0.2, 0.25) is 0 Å². The molecule has 0 aliphatic rings. The van der Waals surface area contributed by atoms with Crippen LogP contribution in [0.5, 0.6) is 0 Å². The largest absolute Gasteiger partial charge is 1.00 e. The first-order chi connectivity index (χ1) is 11.3. The molecule has 0 saturated heterocycles. The molecule has 0 spiro atoms. The first kappa shape index (κ1) is 29.8. The molecule has 8 heteroatoms. The SMILES string of the molecule is C=C(C)C(=O)[O-].CCCCCCCCCCCCOS(=O)(=O)OC.[Na+]. The Morgan fingerprint density at radius 1 is 0.960 bits per heavy atom. The summed E-state index contributed by atoms with van der Waals surface area (Å²) >= 11 is 0. The van der Waals surface area contributed by atoms with Gasteiger partial charge in [-0.15, -0.1) is 0 Å². The zero-order chi connectivity index (χ0) is 18.8. The van der Waals surface area contributed by atoms with Crippen molar-refractivity contribution in [3.05, 3.63) is 12.2 Å². The number of carboxylic acid groups (broad SMARTS) is 1. The Morgan fingerprint density at radius 2 is 1.32 bits per heavy atom. The number of hydrogen-bond donors (Lipinski definition) is 0. The minimum atomic E-state index is -3.73.